The molecular formula is C15H20F3NO. The van der Waals surface area contributed by atoms with Crippen LogP contribution < -0.4 is 10.1 Å². The second kappa shape index (κ2) is 6.37. The summed E-state index contributed by atoms with van der Waals surface area (Å²) in [6.45, 7) is 2.19. The smallest absolute Gasteiger partial charge is 0.404 e. The minimum Gasteiger partial charge on any atom is -0.404 e. The molecule has 1 aromatic carbocycles. The van der Waals surface area contributed by atoms with E-state index in [0.29, 0.717) is 5.69 Å². The van der Waals surface area contributed by atoms with Gasteiger partial charge in [-0.15, -0.1) is 13.2 Å². The lowest BCUT2D eigenvalue weighted by molar-refractivity contribution is -0.274. The SMILES string of the molecule is CCC1CCC(Nc2ccccc2OC(F)(F)F)CC1. The Kier molecular flexibility index (Phi) is 4.78. The minimum absolute atomic E-state index is 0.155. The van der Waals surface area contributed by atoms with E-state index in [1.54, 1.807) is 18.2 Å². The molecule has 0 bridgehead atoms. The van der Waals surface area contributed by atoms with Gasteiger partial charge in [-0.25, -0.2) is 0 Å². The summed E-state index contributed by atoms with van der Waals surface area (Å²) in [6, 6.07) is 6.46. The lowest BCUT2D eigenvalue weighted by Gasteiger charge is -2.29. The average Bonchev–Trinajstić information content (AvgIpc) is 2.40. The summed E-state index contributed by atoms with van der Waals surface area (Å²) in [5.41, 5.74) is 0.421. The number of hydrogen-bond acceptors (Lipinski definition) is 2. The fourth-order valence-electron chi connectivity index (χ4n) is 2.73. The van der Waals surface area contributed by atoms with Crippen molar-refractivity contribution >= 4 is 5.69 Å². The van der Waals surface area contributed by atoms with Crippen LogP contribution >= 0.6 is 0 Å². The van der Waals surface area contributed by atoms with Crippen LogP contribution in [-0.4, -0.2) is 12.4 Å². The Morgan fingerprint density at radius 1 is 1.15 bits per heavy atom. The van der Waals surface area contributed by atoms with Gasteiger partial charge < -0.3 is 10.1 Å². The van der Waals surface area contributed by atoms with Crippen LogP contribution in [0.25, 0.3) is 0 Å². The molecule has 5 heteroatoms. The monoisotopic (exact) mass is 287 g/mol. The number of benzene rings is 1. The lowest BCUT2D eigenvalue weighted by Crippen LogP contribution is -2.26. The van der Waals surface area contributed by atoms with E-state index in [4.69, 9.17) is 0 Å². The zero-order valence-electron chi connectivity index (χ0n) is 11.5. The number of alkyl halides is 3. The first kappa shape index (κ1) is 15.0. The normalized spacial score (nSPS) is 23.4. The number of para-hydroxylation sites is 2. The van der Waals surface area contributed by atoms with E-state index in [-0.39, 0.29) is 11.8 Å². The Labute approximate surface area is 117 Å². The first-order valence-corrected chi connectivity index (χ1v) is 7.09. The van der Waals surface area contributed by atoms with Crippen molar-refractivity contribution in [2.45, 2.75) is 51.4 Å². The maximum atomic E-state index is 12.3. The van der Waals surface area contributed by atoms with Gasteiger partial charge in [-0.2, -0.15) is 0 Å². The molecule has 0 unspecified atom stereocenters. The fourth-order valence-corrected chi connectivity index (χ4v) is 2.73. The number of nitrogens with one attached hydrogen (secondary N) is 1. The highest BCUT2D eigenvalue weighted by Crippen LogP contribution is 2.33. The van der Waals surface area contributed by atoms with E-state index in [9.17, 15) is 13.2 Å². The van der Waals surface area contributed by atoms with Crippen molar-refractivity contribution < 1.29 is 17.9 Å². The van der Waals surface area contributed by atoms with Gasteiger partial charge in [0.2, 0.25) is 0 Å². The third-order valence-corrected chi connectivity index (χ3v) is 3.90. The second-order valence-corrected chi connectivity index (χ2v) is 5.31. The number of ether oxygens (including phenoxy) is 1. The zero-order valence-corrected chi connectivity index (χ0v) is 11.5. The maximum absolute atomic E-state index is 12.3. The molecule has 112 valence electrons. The molecule has 1 fully saturated rings. The Hall–Kier alpha value is -1.39. The van der Waals surface area contributed by atoms with Crippen molar-refractivity contribution in [2.24, 2.45) is 5.92 Å². The standard InChI is InChI=1S/C15H20F3NO/c1-2-11-7-9-12(10-8-11)19-13-5-3-4-6-14(13)20-15(16,17)18/h3-6,11-12,19H,2,7-10H2,1H3. The summed E-state index contributed by atoms with van der Waals surface area (Å²) in [5, 5.41) is 3.19. The molecule has 0 aliphatic heterocycles. The Morgan fingerprint density at radius 3 is 2.40 bits per heavy atom. The first-order valence-electron chi connectivity index (χ1n) is 7.09. The van der Waals surface area contributed by atoms with Crippen molar-refractivity contribution in [2.75, 3.05) is 5.32 Å². The molecule has 20 heavy (non-hydrogen) atoms. The van der Waals surface area contributed by atoms with Gasteiger partial charge in [0.25, 0.3) is 0 Å². The molecule has 0 atom stereocenters. The summed E-state index contributed by atoms with van der Waals surface area (Å²) < 4.78 is 41.1. The van der Waals surface area contributed by atoms with Gasteiger partial charge in [0.1, 0.15) is 0 Å². The molecule has 2 rings (SSSR count). The molecule has 0 saturated heterocycles. The highest BCUT2D eigenvalue weighted by molar-refractivity contribution is 5.56. The fraction of sp³-hybridized carbons (Fsp3) is 0.600. The van der Waals surface area contributed by atoms with Crippen molar-refractivity contribution in [3.05, 3.63) is 24.3 Å². The van der Waals surface area contributed by atoms with E-state index in [1.807, 2.05) is 0 Å². The molecule has 0 amide bonds. The van der Waals surface area contributed by atoms with Gasteiger partial charge in [0, 0.05) is 6.04 Å². The number of anilines is 1. The van der Waals surface area contributed by atoms with Crippen molar-refractivity contribution in [1.82, 2.24) is 0 Å². The van der Waals surface area contributed by atoms with E-state index in [1.165, 1.54) is 12.5 Å². The Morgan fingerprint density at radius 2 is 1.80 bits per heavy atom. The number of hydrogen-bond donors (Lipinski definition) is 1. The second-order valence-electron chi connectivity index (χ2n) is 5.31. The molecule has 0 spiro atoms. The highest BCUT2D eigenvalue weighted by Gasteiger charge is 2.32. The summed E-state index contributed by atoms with van der Waals surface area (Å²) in [7, 11) is 0. The van der Waals surface area contributed by atoms with Crippen LogP contribution in [0.3, 0.4) is 0 Å². The Bertz CT molecular complexity index is 425. The van der Waals surface area contributed by atoms with Crippen LogP contribution in [0.15, 0.2) is 24.3 Å². The van der Waals surface area contributed by atoms with Crippen molar-refractivity contribution in [3.63, 3.8) is 0 Å². The van der Waals surface area contributed by atoms with Crippen LogP contribution in [0.1, 0.15) is 39.0 Å². The zero-order chi connectivity index (χ0) is 14.6. The van der Waals surface area contributed by atoms with Crippen molar-refractivity contribution in [1.29, 1.82) is 0 Å². The summed E-state index contributed by atoms with van der Waals surface area (Å²) in [5.74, 6) is 0.604. The topological polar surface area (TPSA) is 21.3 Å². The molecule has 1 N–H and O–H groups in total. The molecule has 0 aromatic heterocycles. The van der Waals surface area contributed by atoms with Gasteiger partial charge in [0.05, 0.1) is 5.69 Å². The van der Waals surface area contributed by atoms with Gasteiger partial charge in [0.15, 0.2) is 5.75 Å². The molecule has 1 saturated carbocycles. The lowest BCUT2D eigenvalue weighted by atomic mass is 9.84. The Balaban J connectivity index is 1.99. The van der Waals surface area contributed by atoms with Gasteiger partial charge >= 0.3 is 6.36 Å². The van der Waals surface area contributed by atoms with E-state index < -0.39 is 6.36 Å². The number of rotatable bonds is 4. The summed E-state index contributed by atoms with van der Waals surface area (Å²) in [6.07, 6.45) is 0.794. The van der Waals surface area contributed by atoms with E-state index in [2.05, 4.69) is 17.0 Å². The highest BCUT2D eigenvalue weighted by atomic mass is 19.4. The number of halogens is 3. The summed E-state index contributed by atoms with van der Waals surface area (Å²) >= 11 is 0. The predicted octanol–water partition coefficient (Wildman–Crippen LogP) is 4.97. The largest absolute Gasteiger partial charge is 0.573 e. The van der Waals surface area contributed by atoms with Crippen LogP contribution in [0.5, 0.6) is 5.75 Å². The van der Waals surface area contributed by atoms with E-state index >= 15 is 0 Å². The van der Waals surface area contributed by atoms with Crippen LogP contribution in [0.4, 0.5) is 18.9 Å². The van der Waals surface area contributed by atoms with Crippen LogP contribution in [0.2, 0.25) is 0 Å². The van der Waals surface area contributed by atoms with Gasteiger partial charge in [-0.05, 0) is 43.7 Å². The van der Waals surface area contributed by atoms with E-state index in [0.717, 1.165) is 31.6 Å². The molecule has 0 radical (unpaired) electrons. The molecule has 0 heterocycles. The third kappa shape index (κ3) is 4.32. The predicted molar refractivity (Wildman–Crippen MR) is 72.8 cm³/mol. The molecule has 1 aliphatic carbocycles. The van der Waals surface area contributed by atoms with Crippen molar-refractivity contribution in [3.8, 4) is 5.75 Å². The molecular weight excluding hydrogens is 267 g/mol. The maximum Gasteiger partial charge on any atom is 0.573 e. The third-order valence-electron chi connectivity index (χ3n) is 3.90. The molecule has 1 aromatic rings. The van der Waals surface area contributed by atoms with Gasteiger partial charge in [-0.3, -0.25) is 0 Å². The molecule has 1 aliphatic rings. The van der Waals surface area contributed by atoms with Gasteiger partial charge in [-0.1, -0.05) is 25.5 Å². The summed E-state index contributed by atoms with van der Waals surface area (Å²) in [4.78, 5) is 0. The van der Waals surface area contributed by atoms with Crippen LogP contribution in [-0.2, 0) is 0 Å². The van der Waals surface area contributed by atoms with Crippen LogP contribution in [0, 0.1) is 5.92 Å². The average molecular weight is 287 g/mol. The quantitative estimate of drug-likeness (QED) is 0.844. The minimum atomic E-state index is -4.66. The first-order chi connectivity index (χ1) is 9.48. The molecule has 2 nitrogen and oxygen atoms in total.